The van der Waals surface area contributed by atoms with Gasteiger partial charge in [-0.3, -0.25) is 9.59 Å². The third-order valence-electron chi connectivity index (χ3n) is 3.73. The van der Waals surface area contributed by atoms with Gasteiger partial charge in [-0.05, 0) is 44.2 Å². The van der Waals surface area contributed by atoms with E-state index in [4.69, 9.17) is 0 Å². The number of nitrogens with one attached hydrogen (secondary N) is 1. The molecule has 5 nitrogen and oxygen atoms in total. The smallest absolute Gasteiger partial charge is 0.261 e. The Morgan fingerprint density at radius 3 is 2.79 bits per heavy atom. The average molecular weight is 325 g/mol. The summed E-state index contributed by atoms with van der Waals surface area (Å²) in [4.78, 5) is 29.5. The van der Waals surface area contributed by atoms with E-state index in [9.17, 15) is 14.0 Å². The van der Waals surface area contributed by atoms with Crippen molar-refractivity contribution in [2.75, 3.05) is 5.32 Å². The molecule has 2 heterocycles. The van der Waals surface area contributed by atoms with E-state index in [0.29, 0.717) is 23.3 Å². The van der Waals surface area contributed by atoms with Gasteiger partial charge < -0.3 is 9.88 Å². The molecule has 0 bridgehead atoms. The van der Waals surface area contributed by atoms with Crippen LogP contribution in [0, 0.1) is 12.7 Å². The summed E-state index contributed by atoms with van der Waals surface area (Å²) in [5.74, 6) is -1.03. The Bertz CT molecular complexity index is 995. The molecule has 1 N–H and O–H groups in total. The highest BCUT2D eigenvalue weighted by molar-refractivity contribution is 6.05. The van der Waals surface area contributed by atoms with Crippen molar-refractivity contribution in [1.29, 1.82) is 0 Å². The van der Waals surface area contributed by atoms with E-state index in [-0.39, 0.29) is 5.56 Å². The highest BCUT2D eigenvalue weighted by atomic mass is 19.1. The molecule has 24 heavy (non-hydrogen) atoms. The molecule has 1 amide bonds. The van der Waals surface area contributed by atoms with Crippen molar-refractivity contribution < 1.29 is 9.18 Å². The fraction of sp³-hybridized carbons (Fsp3) is 0.167. The summed E-state index contributed by atoms with van der Waals surface area (Å²) >= 11 is 0. The number of rotatable bonds is 3. The van der Waals surface area contributed by atoms with Crippen molar-refractivity contribution in [2.45, 2.75) is 20.4 Å². The second-order valence-electron chi connectivity index (χ2n) is 5.45. The molecule has 0 aliphatic heterocycles. The molecule has 0 saturated heterocycles. The first-order valence-corrected chi connectivity index (χ1v) is 7.57. The Hall–Kier alpha value is -3.02. The second-order valence-corrected chi connectivity index (χ2v) is 5.45. The number of benzene rings is 1. The molecule has 0 aliphatic carbocycles. The molecule has 0 unspecified atom stereocenters. The lowest BCUT2D eigenvalue weighted by atomic mass is 10.1. The maximum absolute atomic E-state index is 13.2. The van der Waals surface area contributed by atoms with Crippen LogP contribution in [0.5, 0.6) is 0 Å². The van der Waals surface area contributed by atoms with Gasteiger partial charge in [0.15, 0.2) is 0 Å². The third-order valence-corrected chi connectivity index (χ3v) is 3.73. The van der Waals surface area contributed by atoms with Gasteiger partial charge >= 0.3 is 0 Å². The largest absolute Gasteiger partial charge is 0.332 e. The monoisotopic (exact) mass is 325 g/mol. The molecule has 0 fully saturated rings. The van der Waals surface area contributed by atoms with Gasteiger partial charge in [0.25, 0.3) is 5.91 Å². The lowest BCUT2D eigenvalue weighted by Crippen LogP contribution is -2.24. The Kier molecular flexibility index (Phi) is 4.12. The first-order valence-electron chi connectivity index (χ1n) is 7.57. The molecule has 0 radical (unpaired) electrons. The molecule has 0 aliphatic rings. The van der Waals surface area contributed by atoms with Crippen molar-refractivity contribution in [2.24, 2.45) is 0 Å². The van der Waals surface area contributed by atoms with Gasteiger partial charge in [0.2, 0.25) is 5.43 Å². The summed E-state index contributed by atoms with van der Waals surface area (Å²) in [5.41, 5.74) is 1.24. The number of anilines is 1. The number of hydrogen-bond acceptors (Lipinski definition) is 3. The van der Waals surface area contributed by atoms with Crippen LogP contribution in [-0.2, 0) is 6.54 Å². The number of fused-ring (bicyclic) bond motifs is 1. The first-order chi connectivity index (χ1) is 11.5. The number of aryl methyl sites for hydroxylation is 2. The van der Waals surface area contributed by atoms with Crippen LogP contribution in [0.15, 0.2) is 47.4 Å². The summed E-state index contributed by atoms with van der Waals surface area (Å²) in [5, 5.41) is 2.94. The lowest BCUT2D eigenvalue weighted by Gasteiger charge is -2.11. The zero-order valence-electron chi connectivity index (χ0n) is 13.3. The van der Waals surface area contributed by atoms with Crippen molar-refractivity contribution in [1.82, 2.24) is 9.55 Å². The minimum atomic E-state index is -0.574. The van der Waals surface area contributed by atoms with Crippen LogP contribution in [0.1, 0.15) is 23.0 Å². The predicted octanol–water partition coefficient (Wildman–Crippen LogP) is 3.12. The van der Waals surface area contributed by atoms with Crippen molar-refractivity contribution >= 4 is 22.6 Å². The van der Waals surface area contributed by atoms with E-state index >= 15 is 0 Å². The van der Waals surface area contributed by atoms with Crippen LogP contribution in [0.4, 0.5) is 10.1 Å². The van der Waals surface area contributed by atoms with Crippen LogP contribution in [-0.4, -0.2) is 15.5 Å². The van der Waals surface area contributed by atoms with Crippen LogP contribution in [0.2, 0.25) is 0 Å². The van der Waals surface area contributed by atoms with Gasteiger partial charge in [-0.15, -0.1) is 0 Å². The average Bonchev–Trinajstić information content (AvgIpc) is 2.55. The van der Waals surface area contributed by atoms with Gasteiger partial charge in [-0.25, -0.2) is 9.37 Å². The number of carbonyl (C=O) groups is 1. The summed E-state index contributed by atoms with van der Waals surface area (Å²) < 4.78 is 15.0. The Morgan fingerprint density at radius 1 is 1.29 bits per heavy atom. The lowest BCUT2D eigenvalue weighted by molar-refractivity contribution is 0.102. The minimum Gasteiger partial charge on any atom is -0.332 e. The SMILES string of the molecule is CCn1cc(C(=O)Nc2cccc(F)c2)c(=O)c2ccc(C)nc21. The number of nitrogens with zero attached hydrogens (tertiary/aromatic N) is 2. The van der Waals surface area contributed by atoms with E-state index < -0.39 is 17.2 Å². The van der Waals surface area contributed by atoms with Crippen molar-refractivity contribution in [3.63, 3.8) is 0 Å². The Balaban J connectivity index is 2.09. The molecule has 3 aromatic rings. The maximum Gasteiger partial charge on any atom is 0.261 e. The highest BCUT2D eigenvalue weighted by Crippen LogP contribution is 2.13. The Morgan fingerprint density at radius 2 is 2.08 bits per heavy atom. The predicted molar refractivity (Wildman–Crippen MR) is 90.8 cm³/mol. The first kappa shape index (κ1) is 15.9. The summed E-state index contributed by atoms with van der Waals surface area (Å²) in [6.07, 6.45) is 1.49. The van der Waals surface area contributed by atoms with E-state index in [1.807, 2.05) is 13.8 Å². The molecular weight excluding hydrogens is 309 g/mol. The normalized spacial score (nSPS) is 10.8. The maximum atomic E-state index is 13.2. The molecule has 1 aromatic carbocycles. The summed E-state index contributed by atoms with van der Waals surface area (Å²) in [6.45, 7) is 4.31. The van der Waals surface area contributed by atoms with Gasteiger partial charge in [0.1, 0.15) is 17.0 Å². The number of amides is 1. The zero-order valence-corrected chi connectivity index (χ0v) is 13.3. The summed E-state index contributed by atoms with van der Waals surface area (Å²) in [6, 6.07) is 8.93. The molecule has 2 aromatic heterocycles. The molecular formula is C18H16FN3O2. The van der Waals surface area contributed by atoms with E-state index in [1.165, 1.54) is 24.4 Å². The molecule has 0 atom stereocenters. The van der Waals surface area contributed by atoms with Crippen LogP contribution < -0.4 is 10.7 Å². The number of aromatic nitrogens is 2. The zero-order chi connectivity index (χ0) is 17.3. The third kappa shape index (κ3) is 2.90. The van der Waals surface area contributed by atoms with Crippen molar-refractivity contribution in [3.8, 4) is 0 Å². The quantitative estimate of drug-likeness (QED) is 0.805. The highest BCUT2D eigenvalue weighted by Gasteiger charge is 2.16. The molecule has 6 heteroatoms. The number of halogens is 1. The molecule has 122 valence electrons. The van der Waals surface area contributed by atoms with Gasteiger partial charge in [0.05, 0.1) is 5.39 Å². The van der Waals surface area contributed by atoms with Crippen LogP contribution in [0.25, 0.3) is 11.0 Å². The van der Waals surface area contributed by atoms with Gasteiger partial charge in [0, 0.05) is 24.1 Å². The fourth-order valence-corrected chi connectivity index (χ4v) is 2.53. The summed E-state index contributed by atoms with van der Waals surface area (Å²) in [7, 11) is 0. The number of carbonyl (C=O) groups excluding carboxylic acids is 1. The van der Waals surface area contributed by atoms with Crippen LogP contribution >= 0.6 is 0 Å². The second kappa shape index (κ2) is 6.23. The van der Waals surface area contributed by atoms with E-state index in [1.54, 1.807) is 22.8 Å². The molecule has 0 saturated carbocycles. The van der Waals surface area contributed by atoms with Crippen molar-refractivity contribution in [3.05, 3.63) is 69.9 Å². The van der Waals surface area contributed by atoms with E-state index in [2.05, 4.69) is 10.3 Å². The van der Waals surface area contributed by atoms with Crippen LogP contribution in [0.3, 0.4) is 0 Å². The fourth-order valence-electron chi connectivity index (χ4n) is 2.53. The number of pyridine rings is 2. The Labute approximate surface area is 137 Å². The topological polar surface area (TPSA) is 64.0 Å². The molecule has 3 rings (SSSR count). The van der Waals surface area contributed by atoms with Gasteiger partial charge in [-0.1, -0.05) is 6.07 Å². The van der Waals surface area contributed by atoms with E-state index in [0.717, 1.165) is 5.69 Å². The molecule has 0 spiro atoms. The number of hydrogen-bond donors (Lipinski definition) is 1. The minimum absolute atomic E-state index is 0.000681. The standard InChI is InChI=1S/C18H16FN3O2/c1-3-22-10-15(16(23)14-8-7-11(2)20-17(14)22)18(24)21-13-6-4-5-12(19)9-13/h4-10H,3H2,1-2H3,(H,21,24). The van der Waals surface area contributed by atoms with Gasteiger partial charge in [-0.2, -0.15) is 0 Å².